The zero-order valence-corrected chi connectivity index (χ0v) is 13.8. The standard InChI is InChI=1S/C16H22N2O5/c1-11(19)18(8-7-17-15(20)23-16(2,3)4)12-5-6-13-14(9-12)22-10-21-13/h5-6,9H,7-8,10H2,1-4H3,(H,17,20). The van der Waals surface area contributed by atoms with Gasteiger partial charge < -0.3 is 24.4 Å². The lowest BCUT2D eigenvalue weighted by molar-refractivity contribution is -0.116. The molecule has 0 radical (unpaired) electrons. The van der Waals surface area contributed by atoms with Crippen molar-refractivity contribution in [3.8, 4) is 11.5 Å². The molecule has 0 aliphatic carbocycles. The minimum atomic E-state index is -0.554. The molecule has 0 atom stereocenters. The first-order valence-electron chi connectivity index (χ1n) is 7.41. The van der Waals surface area contributed by atoms with Crippen molar-refractivity contribution >= 4 is 17.7 Å². The first kappa shape index (κ1) is 16.9. The second-order valence-electron chi connectivity index (χ2n) is 6.14. The third kappa shape index (κ3) is 4.77. The van der Waals surface area contributed by atoms with E-state index in [4.69, 9.17) is 14.2 Å². The number of alkyl carbamates (subject to hydrolysis) is 1. The molecule has 1 aromatic carbocycles. The number of hydrogen-bond donors (Lipinski definition) is 1. The number of hydrogen-bond acceptors (Lipinski definition) is 5. The number of nitrogens with zero attached hydrogens (tertiary/aromatic N) is 1. The zero-order chi connectivity index (χ0) is 17.0. The molecule has 0 bridgehead atoms. The van der Waals surface area contributed by atoms with Crippen molar-refractivity contribution in [3.05, 3.63) is 18.2 Å². The summed E-state index contributed by atoms with van der Waals surface area (Å²) in [5, 5.41) is 2.64. The molecular formula is C16H22N2O5. The van der Waals surface area contributed by atoms with E-state index in [0.29, 0.717) is 23.7 Å². The Morgan fingerprint density at radius 2 is 1.96 bits per heavy atom. The van der Waals surface area contributed by atoms with Crippen LogP contribution >= 0.6 is 0 Å². The molecule has 7 heteroatoms. The Hall–Kier alpha value is -2.44. The molecule has 1 N–H and O–H groups in total. The van der Waals surface area contributed by atoms with Crippen LogP contribution in [0.1, 0.15) is 27.7 Å². The molecule has 0 unspecified atom stereocenters. The van der Waals surface area contributed by atoms with E-state index in [0.717, 1.165) is 0 Å². The number of carbonyl (C=O) groups excluding carboxylic acids is 2. The normalized spacial score (nSPS) is 12.7. The van der Waals surface area contributed by atoms with Gasteiger partial charge in [-0.05, 0) is 32.9 Å². The minimum Gasteiger partial charge on any atom is -0.454 e. The molecule has 2 amide bonds. The molecule has 0 aromatic heterocycles. The Morgan fingerprint density at radius 1 is 1.26 bits per heavy atom. The monoisotopic (exact) mass is 322 g/mol. The minimum absolute atomic E-state index is 0.130. The number of amides is 2. The van der Waals surface area contributed by atoms with Gasteiger partial charge in [-0.2, -0.15) is 0 Å². The van der Waals surface area contributed by atoms with Crippen molar-refractivity contribution in [2.75, 3.05) is 24.8 Å². The molecule has 0 saturated carbocycles. The van der Waals surface area contributed by atoms with Gasteiger partial charge in [0.25, 0.3) is 0 Å². The summed E-state index contributed by atoms with van der Waals surface area (Å²) in [6.07, 6.45) is -0.508. The quantitative estimate of drug-likeness (QED) is 0.920. The SMILES string of the molecule is CC(=O)N(CCNC(=O)OC(C)(C)C)c1ccc2c(c1)OCO2. The molecule has 23 heavy (non-hydrogen) atoms. The van der Waals surface area contributed by atoms with Gasteiger partial charge in [-0.3, -0.25) is 4.79 Å². The summed E-state index contributed by atoms with van der Waals surface area (Å²) in [5.74, 6) is 1.13. The maximum absolute atomic E-state index is 11.9. The Labute approximate surface area is 135 Å². The van der Waals surface area contributed by atoms with Gasteiger partial charge in [-0.25, -0.2) is 4.79 Å². The Balaban J connectivity index is 1.95. The van der Waals surface area contributed by atoms with Gasteiger partial charge in [0.15, 0.2) is 11.5 Å². The van der Waals surface area contributed by atoms with Crippen molar-refractivity contribution in [1.82, 2.24) is 5.32 Å². The maximum Gasteiger partial charge on any atom is 0.407 e. The third-order valence-electron chi connectivity index (χ3n) is 3.05. The van der Waals surface area contributed by atoms with Crippen molar-refractivity contribution < 1.29 is 23.8 Å². The summed E-state index contributed by atoms with van der Waals surface area (Å²) >= 11 is 0. The second kappa shape index (κ2) is 6.76. The van der Waals surface area contributed by atoms with Crippen LogP contribution in [-0.4, -0.2) is 37.5 Å². The molecule has 1 aromatic rings. The van der Waals surface area contributed by atoms with Crippen LogP contribution in [0.4, 0.5) is 10.5 Å². The van der Waals surface area contributed by atoms with Gasteiger partial charge in [-0.1, -0.05) is 0 Å². The summed E-state index contributed by atoms with van der Waals surface area (Å²) in [6.45, 7) is 7.64. The molecule has 7 nitrogen and oxygen atoms in total. The van der Waals surface area contributed by atoms with Gasteiger partial charge >= 0.3 is 6.09 Å². The van der Waals surface area contributed by atoms with E-state index < -0.39 is 11.7 Å². The highest BCUT2D eigenvalue weighted by Crippen LogP contribution is 2.35. The Morgan fingerprint density at radius 3 is 2.61 bits per heavy atom. The van der Waals surface area contributed by atoms with Crippen molar-refractivity contribution in [1.29, 1.82) is 0 Å². The van der Waals surface area contributed by atoms with Gasteiger partial charge in [0.1, 0.15) is 5.60 Å². The topological polar surface area (TPSA) is 77.1 Å². The summed E-state index contributed by atoms with van der Waals surface area (Å²) < 4.78 is 15.7. The lowest BCUT2D eigenvalue weighted by Gasteiger charge is -2.23. The largest absolute Gasteiger partial charge is 0.454 e. The molecule has 1 aliphatic heterocycles. The number of rotatable bonds is 4. The van der Waals surface area contributed by atoms with E-state index in [1.165, 1.54) is 6.92 Å². The summed E-state index contributed by atoms with van der Waals surface area (Å²) in [6, 6.07) is 5.29. The fraction of sp³-hybridized carbons (Fsp3) is 0.500. The molecular weight excluding hydrogens is 300 g/mol. The lowest BCUT2D eigenvalue weighted by atomic mass is 10.2. The van der Waals surface area contributed by atoms with E-state index in [9.17, 15) is 9.59 Å². The van der Waals surface area contributed by atoms with Crippen LogP contribution < -0.4 is 19.7 Å². The van der Waals surface area contributed by atoms with Crippen LogP contribution in [0.25, 0.3) is 0 Å². The van der Waals surface area contributed by atoms with Crippen LogP contribution in [0.3, 0.4) is 0 Å². The fourth-order valence-corrected chi connectivity index (χ4v) is 2.11. The highest BCUT2D eigenvalue weighted by atomic mass is 16.7. The van der Waals surface area contributed by atoms with Gasteiger partial charge in [0.05, 0.1) is 0 Å². The smallest absolute Gasteiger partial charge is 0.407 e. The third-order valence-corrected chi connectivity index (χ3v) is 3.05. The first-order valence-corrected chi connectivity index (χ1v) is 7.41. The Bertz CT molecular complexity index is 595. The maximum atomic E-state index is 11.9. The molecule has 0 saturated heterocycles. The number of benzene rings is 1. The average Bonchev–Trinajstić information content (AvgIpc) is 2.88. The van der Waals surface area contributed by atoms with Crippen LogP contribution in [0, 0.1) is 0 Å². The van der Waals surface area contributed by atoms with E-state index in [2.05, 4.69) is 5.32 Å². The first-order chi connectivity index (χ1) is 10.8. The van der Waals surface area contributed by atoms with E-state index in [-0.39, 0.29) is 19.2 Å². The van der Waals surface area contributed by atoms with Crippen molar-refractivity contribution in [2.24, 2.45) is 0 Å². The van der Waals surface area contributed by atoms with Gasteiger partial charge in [0.2, 0.25) is 12.7 Å². The fourth-order valence-electron chi connectivity index (χ4n) is 2.11. The molecule has 126 valence electrons. The molecule has 0 spiro atoms. The summed E-state index contributed by atoms with van der Waals surface area (Å²) in [4.78, 5) is 25.0. The van der Waals surface area contributed by atoms with Crippen LogP contribution in [-0.2, 0) is 9.53 Å². The van der Waals surface area contributed by atoms with Gasteiger partial charge in [-0.15, -0.1) is 0 Å². The average molecular weight is 322 g/mol. The van der Waals surface area contributed by atoms with E-state index in [1.54, 1.807) is 43.9 Å². The predicted octanol–water partition coefficient (Wildman–Crippen LogP) is 2.29. The number of nitrogens with one attached hydrogen (secondary N) is 1. The van der Waals surface area contributed by atoms with Crippen molar-refractivity contribution in [2.45, 2.75) is 33.3 Å². The van der Waals surface area contributed by atoms with Crippen LogP contribution in [0.2, 0.25) is 0 Å². The molecule has 1 heterocycles. The molecule has 0 fully saturated rings. The van der Waals surface area contributed by atoms with Gasteiger partial charge in [0, 0.05) is 31.8 Å². The van der Waals surface area contributed by atoms with Crippen molar-refractivity contribution in [3.63, 3.8) is 0 Å². The van der Waals surface area contributed by atoms with Crippen LogP contribution in [0.5, 0.6) is 11.5 Å². The zero-order valence-electron chi connectivity index (χ0n) is 13.8. The highest BCUT2D eigenvalue weighted by Gasteiger charge is 2.19. The molecule has 1 aliphatic rings. The summed E-state index contributed by atoms with van der Waals surface area (Å²) in [5.41, 5.74) is 0.134. The van der Waals surface area contributed by atoms with Crippen LogP contribution in [0.15, 0.2) is 18.2 Å². The number of carbonyl (C=O) groups is 2. The predicted molar refractivity (Wildman–Crippen MR) is 84.8 cm³/mol. The number of ether oxygens (including phenoxy) is 3. The van der Waals surface area contributed by atoms with E-state index in [1.807, 2.05) is 0 Å². The lowest BCUT2D eigenvalue weighted by Crippen LogP contribution is -2.39. The highest BCUT2D eigenvalue weighted by molar-refractivity contribution is 5.92. The van der Waals surface area contributed by atoms with E-state index >= 15 is 0 Å². The number of fused-ring (bicyclic) bond motifs is 1. The Kier molecular flexibility index (Phi) is 4.98. The molecule has 2 rings (SSSR count). The number of anilines is 1. The second-order valence-corrected chi connectivity index (χ2v) is 6.14. The summed E-state index contributed by atoms with van der Waals surface area (Å²) in [7, 11) is 0.